The number of rotatable bonds is 4. The molecule has 2 aromatic carbocycles. The van der Waals surface area contributed by atoms with Gasteiger partial charge < -0.3 is 15.2 Å². The predicted octanol–water partition coefficient (Wildman–Crippen LogP) is 3.78. The second-order valence-corrected chi connectivity index (χ2v) is 8.13. The average Bonchev–Trinajstić information content (AvgIpc) is 3.43. The van der Waals surface area contributed by atoms with Crippen LogP contribution in [0.2, 0.25) is 0 Å². The van der Waals surface area contributed by atoms with E-state index in [1.807, 2.05) is 29.6 Å². The number of aliphatic carboxylic acids is 1. The number of carboxylic acids is 1. The molecule has 2 N–H and O–H groups in total. The number of nitrogens with zero attached hydrogens (tertiary/aromatic N) is 1. The van der Waals surface area contributed by atoms with Crippen molar-refractivity contribution in [3.05, 3.63) is 47.8 Å². The molecular weight excluding hydrogens is 376 g/mol. The summed E-state index contributed by atoms with van der Waals surface area (Å²) in [6, 6.07) is 14.2. The van der Waals surface area contributed by atoms with Gasteiger partial charge in [-0.25, -0.2) is 4.98 Å². The third-order valence-electron chi connectivity index (χ3n) is 5.64. The predicted molar refractivity (Wildman–Crippen MR) is 106 cm³/mol. The van der Waals surface area contributed by atoms with E-state index < -0.39 is 17.8 Å². The van der Waals surface area contributed by atoms with Gasteiger partial charge in [0.15, 0.2) is 5.13 Å². The number of hydrogen-bond acceptors (Lipinski definition) is 5. The minimum absolute atomic E-state index is 0.314. The van der Waals surface area contributed by atoms with Gasteiger partial charge in [-0.3, -0.25) is 9.59 Å². The van der Waals surface area contributed by atoms with Crippen LogP contribution in [0.4, 0.5) is 5.13 Å². The molecule has 2 aliphatic heterocycles. The van der Waals surface area contributed by atoms with E-state index >= 15 is 0 Å². The fraction of sp³-hybridized carbons (Fsp3) is 0.286. The van der Waals surface area contributed by atoms with E-state index in [4.69, 9.17) is 4.74 Å². The molecule has 1 aromatic heterocycles. The van der Waals surface area contributed by atoms with Gasteiger partial charge in [0, 0.05) is 10.9 Å². The molecule has 142 valence electrons. The molecule has 0 spiro atoms. The van der Waals surface area contributed by atoms with Crippen LogP contribution >= 0.6 is 11.3 Å². The Morgan fingerprint density at radius 3 is 2.61 bits per heavy atom. The van der Waals surface area contributed by atoms with Gasteiger partial charge in [0.2, 0.25) is 5.91 Å². The van der Waals surface area contributed by atoms with E-state index in [0.29, 0.717) is 11.6 Å². The number of fused-ring (bicyclic) bond motifs is 3. The summed E-state index contributed by atoms with van der Waals surface area (Å²) >= 11 is 1.34. The molecule has 2 bridgehead atoms. The van der Waals surface area contributed by atoms with Gasteiger partial charge in [0.25, 0.3) is 0 Å². The van der Waals surface area contributed by atoms with Gasteiger partial charge in [-0.15, -0.1) is 11.3 Å². The van der Waals surface area contributed by atoms with E-state index in [2.05, 4.69) is 28.5 Å². The third-order valence-corrected chi connectivity index (χ3v) is 6.40. The van der Waals surface area contributed by atoms with Crippen LogP contribution in [0, 0.1) is 11.8 Å². The normalized spacial score (nSPS) is 25.9. The molecule has 3 heterocycles. The Kier molecular flexibility index (Phi) is 4.14. The zero-order valence-electron chi connectivity index (χ0n) is 14.9. The number of nitrogens with one attached hydrogen (secondary N) is 1. The van der Waals surface area contributed by atoms with Gasteiger partial charge in [-0.05, 0) is 29.7 Å². The number of hydrogen-bond donors (Lipinski definition) is 2. The molecule has 0 unspecified atom stereocenters. The van der Waals surface area contributed by atoms with Crippen LogP contribution < -0.4 is 5.32 Å². The lowest BCUT2D eigenvalue weighted by atomic mass is 9.79. The number of carboxylic acid groups (broad SMARTS) is 1. The highest BCUT2D eigenvalue weighted by Crippen LogP contribution is 2.44. The van der Waals surface area contributed by atoms with Gasteiger partial charge in [0.1, 0.15) is 0 Å². The summed E-state index contributed by atoms with van der Waals surface area (Å²) in [4.78, 5) is 28.9. The number of benzene rings is 2. The first-order chi connectivity index (χ1) is 13.6. The van der Waals surface area contributed by atoms with Gasteiger partial charge in [-0.2, -0.15) is 0 Å². The van der Waals surface area contributed by atoms with E-state index in [0.717, 1.165) is 28.5 Å². The average molecular weight is 394 g/mol. The molecule has 28 heavy (non-hydrogen) atoms. The highest BCUT2D eigenvalue weighted by molar-refractivity contribution is 7.14. The molecule has 0 radical (unpaired) electrons. The molecule has 0 aliphatic carbocycles. The van der Waals surface area contributed by atoms with E-state index in [9.17, 15) is 14.7 Å². The monoisotopic (exact) mass is 394 g/mol. The second-order valence-electron chi connectivity index (χ2n) is 7.27. The third kappa shape index (κ3) is 2.87. The Hall–Kier alpha value is -2.77. The quantitative estimate of drug-likeness (QED) is 0.703. The highest BCUT2D eigenvalue weighted by atomic mass is 32.1. The molecule has 1 amide bonds. The lowest BCUT2D eigenvalue weighted by Gasteiger charge is -2.23. The first-order valence-corrected chi connectivity index (χ1v) is 10.1. The van der Waals surface area contributed by atoms with Crippen LogP contribution in [-0.2, 0) is 14.3 Å². The van der Waals surface area contributed by atoms with Crippen molar-refractivity contribution in [1.29, 1.82) is 0 Å². The molecule has 2 aliphatic rings. The summed E-state index contributed by atoms with van der Waals surface area (Å²) in [6.45, 7) is 0. The van der Waals surface area contributed by atoms with Crippen LogP contribution in [0.5, 0.6) is 0 Å². The Bertz CT molecular complexity index is 1080. The summed E-state index contributed by atoms with van der Waals surface area (Å²) < 4.78 is 5.67. The molecule has 7 heteroatoms. The number of anilines is 1. The fourth-order valence-electron chi connectivity index (χ4n) is 4.33. The van der Waals surface area contributed by atoms with Crippen molar-refractivity contribution >= 4 is 39.1 Å². The standard InChI is InChI=1S/C21H18N2O4S/c24-19(17-15-7-8-16(27-15)18(17)20(25)26)23-21-22-14(10-28-21)13-6-5-11-3-1-2-4-12(11)9-13/h1-6,9-10,15-18H,7-8H2,(H,25,26)(H,22,23,24)/t15-,16-,17-,18-/m0/s1. The maximum Gasteiger partial charge on any atom is 0.310 e. The number of thiazole rings is 1. The first-order valence-electron chi connectivity index (χ1n) is 9.24. The van der Waals surface area contributed by atoms with Crippen molar-refractivity contribution in [3.63, 3.8) is 0 Å². The largest absolute Gasteiger partial charge is 0.481 e. The molecule has 5 rings (SSSR count). The lowest BCUT2D eigenvalue weighted by Crippen LogP contribution is -2.40. The number of carbonyl (C=O) groups excluding carboxylic acids is 1. The molecule has 0 saturated carbocycles. The SMILES string of the molecule is O=C(O)[C@@H]1[C@@H](C(=O)Nc2nc(-c3ccc4ccccc4c3)cs2)[C@@H]2CC[C@@H]1O2. The summed E-state index contributed by atoms with van der Waals surface area (Å²) in [5, 5.41) is 16.9. The maximum atomic E-state index is 12.8. The zero-order valence-corrected chi connectivity index (χ0v) is 15.7. The molecule has 4 atom stereocenters. The Labute approximate surface area is 165 Å². The Balaban J connectivity index is 1.36. The summed E-state index contributed by atoms with van der Waals surface area (Å²) in [6.07, 6.45) is 0.760. The second kappa shape index (κ2) is 6.68. The molecule has 2 saturated heterocycles. The number of aromatic nitrogens is 1. The molecular formula is C21H18N2O4S. The van der Waals surface area contributed by atoms with Crippen molar-refractivity contribution in [3.8, 4) is 11.3 Å². The van der Waals surface area contributed by atoms with Gasteiger partial charge in [0.05, 0.1) is 29.7 Å². The van der Waals surface area contributed by atoms with Crippen molar-refractivity contribution in [2.24, 2.45) is 11.8 Å². The van der Waals surface area contributed by atoms with Crippen molar-refractivity contribution < 1.29 is 19.4 Å². The van der Waals surface area contributed by atoms with Crippen molar-refractivity contribution in [2.45, 2.75) is 25.0 Å². The Morgan fingerprint density at radius 2 is 1.82 bits per heavy atom. The van der Waals surface area contributed by atoms with Crippen LogP contribution in [0.1, 0.15) is 12.8 Å². The zero-order chi connectivity index (χ0) is 19.3. The van der Waals surface area contributed by atoms with E-state index in [1.54, 1.807) is 0 Å². The number of ether oxygens (including phenoxy) is 1. The van der Waals surface area contributed by atoms with Gasteiger partial charge >= 0.3 is 5.97 Å². The maximum absolute atomic E-state index is 12.8. The summed E-state index contributed by atoms with van der Waals surface area (Å²) in [7, 11) is 0. The highest BCUT2D eigenvalue weighted by Gasteiger charge is 2.55. The number of carbonyl (C=O) groups is 2. The Morgan fingerprint density at radius 1 is 1.07 bits per heavy atom. The minimum atomic E-state index is -0.969. The topological polar surface area (TPSA) is 88.5 Å². The minimum Gasteiger partial charge on any atom is -0.481 e. The summed E-state index contributed by atoms with van der Waals surface area (Å²) in [5.74, 6) is -2.73. The van der Waals surface area contributed by atoms with E-state index in [-0.39, 0.29) is 18.1 Å². The van der Waals surface area contributed by atoms with Crippen molar-refractivity contribution in [2.75, 3.05) is 5.32 Å². The fourth-order valence-corrected chi connectivity index (χ4v) is 5.05. The van der Waals surface area contributed by atoms with E-state index in [1.165, 1.54) is 11.3 Å². The smallest absolute Gasteiger partial charge is 0.310 e. The van der Waals surface area contributed by atoms with Crippen LogP contribution in [0.15, 0.2) is 47.8 Å². The van der Waals surface area contributed by atoms with Gasteiger partial charge in [-0.1, -0.05) is 36.4 Å². The number of amides is 1. The van der Waals surface area contributed by atoms with Crippen LogP contribution in [0.3, 0.4) is 0 Å². The molecule has 6 nitrogen and oxygen atoms in total. The first kappa shape index (κ1) is 17.3. The molecule has 2 fully saturated rings. The summed E-state index contributed by atoms with van der Waals surface area (Å²) in [5.41, 5.74) is 1.76. The van der Waals surface area contributed by atoms with Crippen molar-refractivity contribution in [1.82, 2.24) is 4.98 Å². The van der Waals surface area contributed by atoms with Crippen LogP contribution in [-0.4, -0.2) is 34.2 Å². The molecule has 3 aromatic rings. The van der Waals surface area contributed by atoms with Crippen LogP contribution in [0.25, 0.3) is 22.0 Å². The lowest BCUT2D eigenvalue weighted by molar-refractivity contribution is -0.147.